The maximum Gasteiger partial charge on any atom is 0.124 e. The van der Waals surface area contributed by atoms with Gasteiger partial charge < -0.3 is 5.11 Å². The number of phenols is 1. The predicted octanol–water partition coefficient (Wildman–Crippen LogP) is 4.94. The normalized spacial score (nSPS) is 12.6. The van der Waals surface area contributed by atoms with Gasteiger partial charge in [0.1, 0.15) is 5.75 Å². The molecule has 0 spiro atoms. The van der Waals surface area contributed by atoms with E-state index in [0.29, 0.717) is 29.9 Å². The van der Waals surface area contributed by atoms with E-state index in [0.717, 1.165) is 24.2 Å². The van der Waals surface area contributed by atoms with E-state index in [1.165, 1.54) is 5.56 Å². The van der Waals surface area contributed by atoms with Gasteiger partial charge in [0.05, 0.1) is 0 Å². The molecule has 0 aromatic heterocycles. The number of aromatic hydroxyl groups is 1. The molecule has 0 bridgehead atoms. The van der Waals surface area contributed by atoms with Crippen molar-refractivity contribution < 1.29 is 5.11 Å². The molecule has 0 saturated carbocycles. The van der Waals surface area contributed by atoms with Crippen LogP contribution in [0.1, 0.15) is 72.1 Å². The van der Waals surface area contributed by atoms with Crippen LogP contribution in [0.25, 0.3) is 0 Å². The number of rotatable bonds is 8. The Morgan fingerprint density at radius 3 is 1.25 bits per heavy atom. The molecule has 0 amide bonds. The SMILES string of the molecule is Cc1cc(CN(C(C)C)C(C)C)c(O)c(CN(C(C)C)C(C)C)c1. The lowest BCUT2D eigenvalue weighted by Gasteiger charge is -2.33. The van der Waals surface area contributed by atoms with Gasteiger partial charge in [-0.2, -0.15) is 0 Å². The summed E-state index contributed by atoms with van der Waals surface area (Å²) in [5.74, 6) is 0.471. The fourth-order valence-corrected chi connectivity index (χ4v) is 3.49. The molecular weight excluding hydrogens is 296 g/mol. The predicted molar refractivity (Wildman–Crippen MR) is 104 cm³/mol. The van der Waals surface area contributed by atoms with E-state index in [4.69, 9.17) is 0 Å². The fourth-order valence-electron chi connectivity index (χ4n) is 3.49. The van der Waals surface area contributed by atoms with E-state index in [1.807, 2.05) is 0 Å². The lowest BCUT2D eigenvalue weighted by molar-refractivity contribution is 0.159. The zero-order valence-corrected chi connectivity index (χ0v) is 17.2. The summed E-state index contributed by atoms with van der Waals surface area (Å²) in [6.07, 6.45) is 0. The van der Waals surface area contributed by atoms with Crippen LogP contribution in [-0.4, -0.2) is 39.1 Å². The van der Waals surface area contributed by atoms with E-state index < -0.39 is 0 Å². The molecule has 1 aromatic carbocycles. The molecule has 1 aromatic rings. The maximum absolute atomic E-state index is 10.9. The molecule has 0 unspecified atom stereocenters. The van der Waals surface area contributed by atoms with Crippen molar-refractivity contribution in [3.63, 3.8) is 0 Å². The Labute approximate surface area is 149 Å². The van der Waals surface area contributed by atoms with Gasteiger partial charge in [0.2, 0.25) is 0 Å². The molecule has 24 heavy (non-hydrogen) atoms. The fraction of sp³-hybridized carbons (Fsp3) is 0.714. The molecule has 1 rings (SSSR count). The highest BCUT2D eigenvalue weighted by molar-refractivity contribution is 5.43. The molecule has 0 aliphatic rings. The summed E-state index contributed by atoms with van der Waals surface area (Å²) in [7, 11) is 0. The molecule has 0 atom stereocenters. The molecule has 0 saturated heterocycles. The summed E-state index contributed by atoms with van der Waals surface area (Å²) >= 11 is 0. The number of aryl methyl sites for hydroxylation is 1. The first-order valence-electron chi connectivity index (χ1n) is 9.37. The second-order valence-corrected chi connectivity index (χ2v) is 8.15. The minimum atomic E-state index is 0.455. The highest BCUT2D eigenvalue weighted by Gasteiger charge is 2.20. The molecule has 0 heterocycles. The van der Waals surface area contributed by atoms with Gasteiger partial charge in [-0.15, -0.1) is 0 Å². The molecule has 0 fully saturated rings. The van der Waals surface area contributed by atoms with E-state index in [1.54, 1.807) is 0 Å². The van der Waals surface area contributed by atoms with Crippen LogP contribution in [0.15, 0.2) is 12.1 Å². The molecule has 0 radical (unpaired) electrons. The Balaban J connectivity index is 3.15. The van der Waals surface area contributed by atoms with Crippen molar-refractivity contribution in [1.29, 1.82) is 0 Å². The third-order valence-electron chi connectivity index (χ3n) is 4.77. The van der Waals surface area contributed by atoms with Crippen LogP contribution in [0.2, 0.25) is 0 Å². The first-order chi connectivity index (χ1) is 11.0. The number of hydrogen-bond donors (Lipinski definition) is 1. The monoisotopic (exact) mass is 334 g/mol. The smallest absolute Gasteiger partial charge is 0.124 e. The minimum absolute atomic E-state index is 0.455. The number of phenolic OH excluding ortho intramolecular Hbond substituents is 1. The zero-order valence-electron chi connectivity index (χ0n) is 17.2. The van der Waals surface area contributed by atoms with E-state index in [2.05, 4.69) is 84.2 Å². The van der Waals surface area contributed by atoms with Gasteiger partial charge in [0.25, 0.3) is 0 Å². The number of nitrogens with zero attached hydrogens (tertiary/aromatic N) is 2. The summed E-state index contributed by atoms with van der Waals surface area (Å²) in [5, 5.41) is 10.9. The average Bonchev–Trinajstić information content (AvgIpc) is 2.44. The third-order valence-corrected chi connectivity index (χ3v) is 4.77. The van der Waals surface area contributed by atoms with Gasteiger partial charge in [0, 0.05) is 48.4 Å². The van der Waals surface area contributed by atoms with Gasteiger partial charge in [-0.1, -0.05) is 17.7 Å². The molecule has 1 N–H and O–H groups in total. The van der Waals surface area contributed by atoms with Crippen molar-refractivity contribution in [1.82, 2.24) is 9.80 Å². The Kier molecular flexibility index (Phi) is 7.75. The minimum Gasteiger partial charge on any atom is -0.507 e. The van der Waals surface area contributed by atoms with Crippen molar-refractivity contribution in [3.05, 3.63) is 28.8 Å². The van der Waals surface area contributed by atoms with Crippen LogP contribution in [-0.2, 0) is 13.1 Å². The summed E-state index contributed by atoms with van der Waals surface area (Å²) in [6.45, 7) is 21.4. The van der Waals surface area contributed by atoms with Crippen LogP contribution in [0, 0.1) is 6.92 Å². The van der Waals surface area contributed by atoms with Crippen LogP contribution < -0.4 is 0 Å². The second-order valence-electron chi connectivity index (χ2n) is 8.15. The van der Waals surface area contributed by atoms with Gasteiger partial charge in [0.15, 0.2) is 0 Å². The quantitative estimate of drug-likeness (QED) is 0.729. The Bertz CT molecular complexity index is 462. The highest BCUT2D eigenvalue weighted by Crippen LogP contribution is 2.29. The third kappa shape index (κ3) is 5.49. The lowest BCUT2D eigenvalue weighted by Crippen LogP contribution is -2.37. The Morgan fingerprint density at radius 2 is 1.00 bits per heavy atom. The number of hydrogen-bond acceptors (Lipinski definition) is 3. The lowest BCUT2D eigenvalue weighted by atomic mass is 10.0. The summed E-state index contributed by atoms with van der Waals surface area (Å²) in [5.41, 5.74) is 3.30. The highest BCUT2D eigenvalue weighted by atomic mass is 16.3. The van der Waals surface area contributed by atoms with Crippen molar-refractivity contribution in [2.45, 2.75) is 99.6 Å². The topological polar surface area (TPSA) is 26.7 Å². The molecular formula is C21H38N2O. The largest absolute Gasteiger partial charge is 0.507 e. The maximum atomic E-state index is 10.9. The van der Waals surface area contributed by atoms with Crippen LogP contribution in [0.5, 0.6) is 5.75 Å². The first-order valence-corrected chi connectivity index (χ1v) is 9.37. The van der Waals surface area contributed by atoms with Gasteiger partial charge in [-0.3, -0.25) is 9.80 Å². The van der Waals surface area contributed by atoms with Crippen LogP contribution in [0.3, 0.4) is 0 Å². The van der Waals surface area contributed by atoms with Gasteiger partial charge in [-0.05, 0) is 62.3 Å². The Hall–Kier alpha value is -1.06. The first kappa shape index (κ1) is 21.0. The summed E-state index contributed by atoms with van der Waals surface area (Å²) in [4.78, 5) is 4.84. The van der Waals surface area contributed by atoms with Crippen molar-refractivity contribution in [3.8, 4) is 5.75 Å². The standard InChI is InChI=1S/C21H38N2O/c1-14(2)22(15(3)4)12-19-10-18(9)11-20(21(19)24)13-23(16(5)6)17(7)8/h10-11,14-17,24H,12-13H2,1-9H3. The van der Waals surface area contributed by atoms with E-state index in [9.17, 15) is 5.11 Å². The Morgan fingerprint density at radius 1 is 0.708 bits per heavy atom. The van der Waals surface area contributed by atoms with Crippen molar-refractivity contribution >= 4 is 0 Å². The van der Waals surface area contributed by atoms with Crippen LogP contribution >= 0.6 is 0 Å². The second kappa shape index (κ2) is 8.87. The number of benzene rings is 1. The van der Waals surface area contributed by atoms with Gasteiger partial charge in [-0.25, -0.2) is 0 Å². The van der Waals surface area contributed by atoms with Gasteiger partial charge >= 0.3 is 0 Å². The summed E-state index contributed by atoms with van der Waals surface area (Å²) in [6, 6.07) is 6.08. The molecule has 0 aliphatic heterocycles. The zero-order chi connectivity index (χ0) is 18.6. The average molecular weight is 335 g/mol. The molecule has 3 nitrogen and oxygen atoms in total. The molecule has 3 heteroatoms. The van der Waals surface area contributed by atoms with E-state index in [-0.39, 0.29) is 0 Å². The van der Waals surface area contributed by atoms with Crippen LogP contribution in [0.4, 0.5) is 0 Å². The molecule has 0 aliphatic carbocycles. The molecule has 138 valence electrons. The van der Waals surface area contributed by atoms with E-state index >= 15 is 0 Å². The van der Waals surface area contributed by atoms with Crippen molar-refractivity contribution in [2.24, 2.45) is 0 Å². The summed E-state index contributed by atoms with van der Waals surface area (Å²) < 4.78 is 0. The van der Waals surface area contributed by atoms with Crippen molar-refractivity contribution in [2.75, 3.05) is 0 Å².